The Balaban J connectivity index is 1.34. The normalized spacial score (nSPS) is 36.2. The maximum atomic E-state index is 12.9. The zero-order chi connectivity index (χ0) is 19.2. The van der Waals surface area contributed by atoms with Crippen molar-refractivity contribution >= 4 is 23.7 Å². The number of hydrogen-bond donors (Lipinski definition) is 0. The number of allylic oxidation sites excluding steroid dienone is 2. The Morgan fingerprint density at radius 1 is 1.07 bits per heavy atom. The molecule has 0 radical (unpaired) electrons. The third-order valence-electron chi connectivity index (χ3n) is 6.67. The predicted octanol–water partition coefficient (Wildman–Crippen LogP) is 1.71. The lowest BCUT2D eigenvalue weighted by molar-refractivity contribution is -0.385. The summed E-state index contributed by atoms with van der Waals surface area (Å²) in [6, 6.07) is 2.69. The van der Waals surface area contributed by atoms with Crippen LogP contribution in [0.5, 0.6) is 11.5 Å². The third-order valence-corrected chi connectivity index (χ3v) is 6.67. The topological polar surface area (TPSA) is 111 Å². The lowest BCUT2D eigenvalue weighted by atomic mass is 9.63. The summed E-state index contributed by atoms with van der Waals surface area (Å²) in [5, 5.41) is 16.3. The monoisotopic (exact) mass is 381 g/mol. The van der Waals surface area contributed by atoms with Gasteiger partial charge in [0.15, 0.2) is 11.5 Å². The van der Waals surface area contributed by atoms with Crippen molar-refractivity contribution in [3.8, 4) is 11.5 Å². The summed E-state index contributed by atoms with van der Waals surface area (Å²) in [5.74, 6) is 0.558. The van der Waals surface area contributed by atoms with Crippen LogP contribution >= 0.6 is 0 Å². The molecule has 0 unspecified atom stereocenters. The quantitative estimate of drug-likeness (QED) is 0.259. The number of fused-ring (bicyclic) bond motifs is 1. The number of ether oxygens (including phenoxy) is 2. The lowest BCUT2D eigenvalue weighted by Crippen LogP contribution is -2.40. The molecule has 6 atom stereocenters. The largest absolute Gasteiger partial charge is 0.454 e. The van der Waals surface area contributed by atoms with Crippen LogP contribution in [0.25, 0.3) is 0 Å². The number of carbonyl (C=O) groups is 2. The van der Waals surface area contributed by atoms with Crippen LogP contribution in [0.3, 0.4) is 0 Å². The Bertz CT molecular complexity index is 981. The fourth-order valence-corrected chi connectivity index (χ4v) is 5.38. The number of nitrogens with zero attached hydrogens (tertiary/aromatic N) is 3. The van der Waals surface area contributed by atoms with Crippen molar-refractivity contribution < 1.29 is 24.0 Å². The standard InChI is InChI=1S/C19H15N3O6/c23-18-16-9-1-2-10(12-4-11(9)12)17(16)19(24)21(18)20-6-8-3-14-15(28-7-27-14)5-13(8)22(25)26/h1-3,5-6,9-12,16-17H,4,7H2/b20-6-/t9-,10-,11-,12+,16-,17+/m1/s1. The number of imide groups is 1. The molecule has 7 rings (SSSR count). The number of benzene rings is 1. The molecule has 0 N–H and O–H groups in total. The molecule has 2 bridgehead atoms. The number of amides is 2. The molecule has 2 heterocycles. The maximum Gasteiger partial charge on any atom is 0.282 e. The average Bonchev–Trinajstić information content (AvgIpc) is 3.33. The van der Waals surface area contributed by atoms with Gasteiger partial charge in [0.25, 0.3) is 17.5 Å². The summed E-state index contributed by atoms with van der Waals surface area (Å²) in [6.07, 6.45) is 6.44. The number of nitro groups is 1. The molecule has 6 aliphatic rings. The van der Waals surface area contributed by atoms with E-state index in [9.17, 15) is 19.7 Å². The Kier molecular flexibility index (Phi) is 2.92. The van der Waals surface area contributed by atoms with Crippen molar-refractivity contribution in [2.75, 3.05) is 6.79 Å². The van der Waals surface area contributed by atoms with Crippen LogP contribution in [0.2, 0.25) is 0 Å². The van der Waals surface area contributed by atoms with Gasteiger partial charge >= 0.3 is 0 Å². The van der Waals surface area contributed by atoms with Crippen LogP contribution in [0.4, 0.5) is 5.69 Å². The Labute approximate surface area is 158 Å². The molecule has 1 saturated heterocycles. The Morgan fingerprint density at radius 2 is 1.68 bits per heavy atom. The summed E-state index contributed by atoms with van der Waals surface area (Å²) in [7, 11) is 0. The summed E-state index contributed by atoms with van der Waals surface area (Å²) in [6.45, 7) is -0.0162. The number of hydrazone groups is 1. The second kappa shape index (κ2) is 5.18. The minimum Gasteiger partial charge on any atom is -0.454 e. The van der Waals surface area contributed by atoms with Gasteiger partial charge in [-0.05, 0) is 36.2 Å². The van der Waals surface area contributed by atoms with Crippen LogP contribution < -0.4 is 9.47 Å². The first-order chi connectivity index (χ1) is 13.5. The molecule has 0 spiro atoms. The summed E-state index contributed by atoms with van der Waals surface area (Å²) in [4.78, 5) is 36.6. The van der Waals surface area contributed by atoms with E-state index in [1.165, 1.54) is 18.3 Å². The Hall–Kier alpha value is -3.23. The maximum absolute atomic E-state index is 12.9. The van der Waals surface area contributed by atoms with Crippen LogP contribution in [0, 0.1) is 45.6 Å². The van der Waals surface area contributed by atoms with Crippen LogP contribution in [-0.2, 0) is 9.59 Å². The summed E-state index contributed by atoms with van der Waals surface area (Å²) >= 11 is 0. The molecule has 2 aliphatic heterocycles. The first-order valence-electron chi connectivity index (χ1n) is 9.23. The van der Waals surface area contributed by atoms with Gasteiger partial charge in [-0.2, -0.15) is 10.1 Å². The second-order valence-corrected chi connectivity index (χ2v) is 7.91. The fraction of sp³-hybridized carbons (Fsp3) is 0.421. The molecular formula is C19H15N3O6. The molecule has 1 aromatic rings. The van der Waals surface area contributed by atoms with Gasteiger partial charge in [0.05, 0.1) is 34.6 Å². The van der Waals surface area contributed by atoms with Gasteiger partial charge in [0, 0.05) is 0 Å². The molecule has 142 valence electrons. The smallest absolute Gasteiger partial charge is 0.282 e. The predicted molar refractivity (Wildman–Crippen MR) is 93.4 cm³/mol. The fourth-order valence-electron chi connectivity index (χ4n) is 5.38. The lowest BCUT2D eigenvalue weighted by Gasteiger charge is -2.37. The molecule has 9 nitrogen and oxygen atoms in total. The third kappa shape index (κ3) is 1.93. The van der Waals surface area contributed by atoms with Crippen molar-refractivity contribution in [2.45, 2.75) is 6.42 Å². The zero-order valence-electron chi connectivity index (χ0n) is 14.6. The van der Waals surface area contributed by atoms with Crippen molar-refractivity contribution in [2.24, 2.45) is 40.6 Å². The van der Waals surface area contributed by atoms with E-state index in [1.807, 2.05) is 0 Å². The number of rotatable bonds is 3. The van der Waals surface area contributed by atoms with Crippen molar-refractivity contribution in [3.05, 3.63) is 40.0 Å². The van der Waals surface area contributed by atoms with E-state index in [0.29, 0.717) is 17.6 Å². The highest BCUT2D eigenvalue weighted by molar-refractivity contribution is 6.06. The minimum atomic E-state index is -0.561. The Morgan fingerprint density at radius 3 is 2.29 bits per heavy atom. The van der Waals surface area contributed by atoms with E-state index in [1.54, 1.807) is 0 Å². The highest BCUT2D eigenvalue weighted by Gasteiger charge is 2.67. The molecule has 9 heteroatoms. The minimum absolute atomic E-state index is 0.0162. The van der Waals surface area contributed by atoms with E-state index in [4.69, 9.17) is 9.47 Å². The van der Waals surface area contributed by atoms with Crippen LogP contribution in [0.1, 0.15) is 12.0 Å². The van der Waals surface area contributed by atoms with Crippen molar-refractivity contribution in [1.82, 2.24) is 5.01 Å². The van der Waals surface area contributed by atoms with Crippen LogP contribution in [0.15, 0.2) is 29.4 Å². The SMILES string of the molecule is O=C1[C@@H]2[C@@H]3C=C[C@H]([C@@H]4C[C@H]34)[C@@H]2C(=O)N1/N=C\c1cc2c(cc1[N+](=O)[O-])OCO2. The number of hydrogen-bond acceptors (Lipinski definition) is 7. The highest BCUT2D eigenvalue weighted by atomic mass is 16.7. The highest BCUT2D eigenvalue weighted by Crippen LogP contribution is 2.65. The molecule has 3 fully saturated rings. The van der Waals surface area contributed by atoms with Crippen molar-refractivity contribution in [3.63, 3.8) is 0 Å². The second-order valence-electron chi connectivity index (χ2n) is 7.91. The summed E-state index contributed by atoms with van der Waals surface area (Å²) < 4.78 is 10.4. The van der Waals surface area contributed by atoms with E-state index in [2.05, 4.69) is 17.3 Å². The van der Waals surface area contributed by atoms with E-state index in [0.717, 1.165) is 11.4 Å². The number of nitro benzene ring substituents is 1. The van der Waals surface area contributed by atoms with Gasteiger partial charge in [-0.3, -0.25) is 19.7 Å². The van der Waals surface area contributed by atoms with E-state index in [-0.39, 0.29) is 59.3 Å². The van der Waals surface area contributed by atoms with E-state index >= 15 is 0 Å². The molecule has 2 saturated carbocycles. The molecule has 0 aromatic heterocycles. The molecular weight excluding hydrogens is 366 g/mol. The van der Waals surface area contributed by atoms with Gasteiger partial charge in [-0.25, -0.2) is 0 Å². The van der Waals surface area contributed by atoms with Crippen molar-refractivity contribution in [1.29, 1.82) is 0 Å². The molecule has 2 amide bonds. The average molecular weight is 381 g/mol. The molecule has 28 heavy (non-hydrogen) atoms. The molecule has 1 aromatic carbocycles. The van der Waals surface area contributed by atoms with Gasteiger partial charge in [0.2, 0.25) is 6.79 Å². The first-order valence-corrected chi connectivity index (χ1v) is 9.23. The first kappa shape index (κ1) is 15.8. The van der Waals surface area contributed by atoms with E-state index < -0.39 is 4.92 Å². The van der Waals surface area contributed by atoms with Gasteiger partial charge in [-0.1, -0.05) is 12.2 Å². The van der Waals surface area contributed by atoms with Gasteiger partial charge < -0.3 is 9.47 Å². The van der Waals surface area contributed by atoms with Gasteiger partial charge in [-0.15, -0.1) is 0 Å². The van der Waals surface area contributed by atoms with Crippen LogP contribution in [-0.4, -0.2) is 34.8 Å². The summed E-state index contributed by atoms with van der Waals surface area (Å²) in [5.41, 5.74) is -0.0823. The number of carbonyl (C=O) groups excluding carboxylic acids is 2. The zero-order valence-corrected chi connectivity index (χ0v) is 14.6. The molecule has 4 aliphatic carbocycles. The van der Waals surface area contributed by atoms with Gasteiger partial charge in [0.1, 0.15) is 0 Å².